The van der Waals surface area contributed by atoms with Crippen LogP contribution in [0.25, 0.3) is 0 Å². The number of carbonyl (C=O) groups is 1. The summed E-state index contributed by atoms with van der Waals surface area (Å²) in [6.07, 6.45) is -0.341. The predicted octanol–water partition coefficient (Wildman–Crippen LogP) is -2.68. The second-order valence-electron chi connectivity index (χ2n) is 3.37. The number of carbonyl (C=O) groups excluding carboxylic acids is 1. The van der Waals surface area contributed by atoms with Crippen LogP contribution in [-0.4, -0.2) is 49.7 Å². The summed E-state index contributed by atoms with van der Waals surface area (Å²) in [5, 5.41) is 12.6. The lowest BCUT2D eigenvalue weighted by Crippen LogP contribution is -2.63. The monoisotopic (exact) mass is 200 g/mol. The number of nitrogens with zero attached hydrogens (tertiary/aromatic N) is 1. The van der Waals surface area contributed by atoms with E-state index in [1.807, 2.05) is 0 Å². The van der Waals surface area contributed by atoms with Crippen LogP contribution >= 0.6 is 0 Å². The summed E-state index contributed by atoms with van der Waals surface area (Å²) in [7, 11) is 0. The largest absolute Gasteiger partial charge is 0.351 e. The van der Waals surface area contributed by atoms with E-state index in [1.165, 1.54) is 0 Å². The summed E-state index contributed by atoms with van der Waals surface area (Å²) in [5.41, 5.74) is 5.32. The van der Waals surface area contributed by atoms with Gasteiger partial charge in [-0.25, -0.2) is 4.79 Å². The highest BCUT2D eigenvalue weighted by atomic mass is 16.2. The van der Waals surface area contributed by atoms with Gasteiger partial charge in [-0.2, -0.15) is 0 Å². The quantitative estimate of drug-likeness (QED) is 0.335. The van der Waals surface area contributed by atoms with Gasteiger partial charge in [0.15, 0.2) is 0 Å². The van der Waals surface area contributed by atoms with Gasteiger partial charge < -0.3 is 5.73 Å². The molecule has 0 saturated carbocycles. The van der Waals surface area contributed by atoms with E-state index in [1.54, 1.807) is 4.90 Å². The molecule has 0 unspecified atom stereocenters. The molecule has 14 heavy (non-hydrogen) atoms. The normalized spacial score (nSPS) is 24.3. The fourth-order valence-corrected chi connectivity index (χ4v) is 1.78. The zero-order valence-corrected chi connectivity index (χ0v) is 7.92. The van der Waals surface area contributed by atoms with Gasteiger partial charge in [-0.15, -0.1) is 0 Å². The Morgan fingerprint density at radius 2 is 1.36 bits per heavy atom. The third kappa shape index (κ3) is 1.80. The Morgan fingerprint density at radius 3 is 1.64 bits per heavy atom. The van der Waals surface area contributed by atoms with E-state index in [0.717, 1.165) is 26.2 Å². The fraction of sp³-hybridized carbons (Fsp3) is 0.857. The first kappa shape index (κ1) is 9.66. The van der Waals surface area contributed by atoms with Crippen LogP contribution in [0.4, 0.5) is 4.79 Å². The van der Waals surface area contributed by atoms with Crippen molar-refractivity contribution in [1.82, 2.24) is 26.2 Å². The first-order valence-electron chi connectivity index (χ1n) is 4.80. The number of amides is 2. The molecule has 2 saturated heterocycles. The maximum absolute atomic E-state index is 11.3. The van der Waals surface area contributed by atoms with E-state index in [9.17, 15) is 4.79 Å². The summed E-state index contributed by atoms with van der Waals surface area (Å²) < 4.78 is 0. The smallest absolute Gasteiger partial charge is 0.319 e. The van der Waals surface area contributed by atoms with Crippen LogP contribution in [0.5, 0.6) is 0 Å². The van der Waals surface area contributed by atoms with Crippen LogP contribution in [0, 0.1) is 0 Å². The van der Waals surface area contributed by atoms with Crippen LogP contribution in [0.15, 0.2) is 0 Å². The van der Waals surface area contributed by atoms with E-state index in [-0.39, 0.29) is 12.6 Å². The molecule has 0 bridgehead atoms. The van der Waals surface area contributed by atoms with E-state index in [2.05, 4.69) is 21.3 Å². The minimum Gasteiger partial charge on any atom is -0.351 e. The molecule has 0 aromatic rings. The van der Waals surface area contributed by atoms with Crippen LogP contribution in [0.2, 0.25) is 0 Å². The SMILES string of the molecule is NC(=O)N(C1NCCN1)C1NCCN1. The van der Waals surface area contributed by atoms with E-state index >= 15 is 0 Å². The Morgan fingerprint density at radius 1 is 1.00 bits per heavy atom. The Kier molecular flexibility index (Phi) is 2.82. The molecule has 2 fully saturated rings. The molecular formula is C7H16N6O. The Balaban J connectivity index is 2.02. The van der Waals surface area contributed by atoms with Gasteiger partial charge in [0.2, 0.25) is 0 Å². The summed E-state index contributed by atoms with van der Waals surface area (Å²) >= 11 is 0. The summed E-state index contributed by atoms with van der Waals surface area (Å²) in [6.45, 7) is 3.39. The second-order valence-corrected chi connectivity index (χ2v) is 3.37. The molecule has 0 radical (unpaired) electrons. The summed E-state index contributed by atoms with van der Waals surface area (Å²) in [4.78, 5) is 12.8. The molecule has 2 amide bonds. The minimum absolute atomic E-state index is 0.171. The number of nitrogens with one attached hydrogen (secondary N) is 4. The lowest BCUT2D eigenvalue weighted by atomic mass is 10.6. The molecular weight excluding hydrogens is 184 g/mol. The number of hydrogen-bond donors (Lipinski definition) is 5. The van der Waals surface area contributed by atoms with Gasteiger partial charge in [0.25, 0.3) is 0 Å². The first-order valence-corrected chi connectivity index (χ1v) is 4.80. The highest BCUT2D eigenvalue weighted by molar-refractivity contribution is 5.72. The highest BCUT2D eigenvalue weighted by Gasteiger charge is 2.32. The lowest BCUT2D eigenvalue weighted by molar-refractivity contribution is 0.117. The van der Waals surface area contributed by atoms with Crippen molar-refractivity contribution in [2.75, 3.05) is 26.2 Å². The van der Waals surface area contributed by atoms with E-state index in [4.69, 9.17) is 5.73 Å². The third-order valence-electron chi connectivity index (χ3n) is 2.41. The molecule has 2 rings (SSSR count). The zero-order valence-electron chi connectivity index (χ0n) is 7.92. The van der Waals surface area contributed by atoms with Crippen LogP contribution in [0.3, 0.4) is 0 Å². The van der Waals surface area contributed by atoms with Crippen molar-refractivity contribution in [3.63, 3.8) is 0 Å². The highest BCUT2D eigenvalue weighted by Crippen LogP contribution is 2.02. The first-order chi connectivity index (χ1) is 6.79. The van der Waals surface area contributed by atoms with Gasteiger partial charge in [-0.1, -0.05) is 0 Å². The molecule has 80 valence electrons. The molecule has 7 nitrogen and oxygen atoms in total. The molecule has 6 N–H and O–H groups in total. The number of nitrogens with two attached hydrogens (primary N) is 1. The maximum atomic E-state index is 11.3. The zero-order chi connectivity index (χ0) is 9.97. The molecule has 0 atom stereocenters. The van der Waals surface area contributed by atoms with Crippen molar-refractivity contribution in [3.8, 4) is 0 Å². The van der Waals surface area contributed by atoms with E-state index in [0.29, 0.717) is 0 Å². The molecule has 0 aliphatic carbocycles. The molecule has 7 heteroatoms. The molecule has 0 aromatic carbocycles. The Bertz CT molecular complexity index is 194. The van der Waals surface area contributed by atoms with Gasteiger partial charge in [0.1, 0.15) is 12.6 Å². The predicted molar refractivity (Wildman–Crippen MR) is 51.0 cm³/mol. The van der Waals surface area contributed by atoms with Crippen molar-refractivity contribution in [3.05, 3.63) is 0 Å². The van der Waals surface area contributed by atoms with Crippen molar-refractivity contribution in [1.29, 1.82) is 0 Å². The number of rotatable bonds is 2. The fourth-order valence-electron chi connectivity index (χ4n) is 1.78. The van der Waals surface area contributed by atoms with Gasteiger partial charge >= 0.3 is 6.03 Å². The molecule has 2 aliphatic heterocycles. The van der Waals surface area contributed by atoms with E-state index < -0.39 is 6.03 Å². The standard InChI is InChI=1S/C7H16N6O/c8-5(14)13(6-9-1-2-10-6)7-11-3-4-12-7/h6-7,9-12H,1-4H2,(H2,8,14). The maximum Gasteiger partial charge on any atom is 0.319 e. The Labute approximate surface area is 82.4 Å². The second kappa shape index (κ2) is 4.09. The molecule has 0 aromatic heterocycles. The van der Waals surface area contributed by atoms with Crippen molar-refractivity contribution >= 4 is 6.03 Å². The third-order valence-corrected chi connectivity index (χ3v) is 2.41. The van der Waals surface area contributed by atoms with Crippen LogP contribution in [0.1, 0.15) is 0 Å². The average Bonchev–Trinajstić information content (AvgIpc) is 2.75. The van der Waals surface area contributed by atoms with Crippen molar-refractivity contribution in [2.24, 2.45) is 5.73 Å². The van der Waals surface area contributed by atoms with Crippen molar-refractivity contribution < 1.29 is 4.79 Å². The topological polar surface area (TPSA) is 94.5 Å². The summed E-state index contributed by atoms with van der Waals surface area (Å²) in [5.74, 6) is 0. The number of primary amides is 1. The molecule has 2 heterocycles. The van der Waals surface area contributed by atoms with Crippen molar-refractivity contribution in [2.45, 2.75) is 12.6 Å². The average molecular weight is 200 g/mol. The summed E-state index contributed by atoms with van der Waals surface area (Å²) in [6, 6.07) is -0.441. The Hall–Kier alpha value is -0.890. The van der Waals surface area contributed by atoms with Crippen LogP contribution in [-0.2, 0) is 0 Å². The van der Waals surface area contributed by atoms with Gasteiger partial charge in [-0.05, 0) is 0 Å². The van der Waals surface area contributed by atoms with Gasteiger partial charge in [-0.3, -0.25) is 26.2 Å². The molecule has 2 aliphatic rings. The number of hydrogen-bond acceptors (Lipinski definition) is 5. The number of urea groups is 1. The lowest BCUT2D eigenvalue weighted by Gasteiger charge is -2.32. The molecule has 0 spiro atoms. The van der Waals surface area contributed by atoms with Gasteiger partial charge in [0, 0.05) is 26.2 Å². The minimum atomic E-state index is -0.441. The van der Waals surface area contributed by atoms with Gasteiger partial charge in [0.05, 0.1) is 0 Å². The van der Waals surface area contributed by atoms with Crippen LogP contribution < -0.4 is 27.0 Å².